The molecule has 0 amide bonds. The van der Waals surface area contributed by atoms with Gasteiger partial charge in [0.2, 0.25) is 0 Å². The maximum Gasteiger partial charge on any atom is 0.133 e. The van der Waals surface area contributed by atoms with Gasteiger partial charge in [0.05, 0.1) is 0 Å². The summed E-state index contributed by atoms with van der Waals surface area (Å²) in [6, 6.07) is 0. The van der Waals surface area contributed by atoms with Gasteiger partial charge in [0, 0.05) is 16.8 Å². The molecule has 0 fully saturated rings. The van der Waals surface area contributed by atoms with Gasteiger partial charge in [-0.3, -0.25) is 0 Å². The van der Waals surface area contributed by atoms with E-state index in [0.717, 1.165) is 35.3 Å². The Balaban J connectivity index is 3.66. The average Bonchev–Trinajstić information content (AvgIpc) is 2.10. The van der Waals surface area contributed by atoms with Gasteiger partial charge in [-0.1, -0.05) is 0 Å². The van der Waals surface area contributed by atoms with E-state index in [0.29, 0.717) is 11.5 Å². The summed E-state index contributed by atoms with van der Waals surface area (Å²) in [5, 5.41) is 30.8. The number of hydrogen-bond donors (Lipinski definition) is 0. The van der Waals surface area contributed by atoms with Crippen molar-refractivity contribution in [2.75, 3.05) is 11.5 Å². The highest BCUT2D eigenvalue weighted by Gasteiger charge is 2.09. The van der Waals surface area contributed by atoms with Gasteiger partial charge in [0.25, 0.3) is 0 Å². The molecule has 6 heteroatoms. The monoisotopic (exact) mass is 215 g/mol. The van der Waals surface area contributed by atoms with Gasteiger partial charge in [-0.05, 0) is 35.3 Å². The second-order valence-corrected chi connectivity index (χ2v) is 4.33. The molecular weight excluding hydrogens is 210 g/mol. The molecule has 0 aliphatic rings. The number of thioether (sulfide) groups is 3. The maximum atomic E-state index is 8.36. The smallest absolute Gasteiger partial charge is 0.133 e. The van der Waals surface area contributed by atoms with E-state index >= 15 is 0 Å². The minimum Gasteiger partial charge on any atom is -0.185 e. The Bertz CT molecular complexity index is 216. The lowest BCUT2D eigenvalue weighted by atomic mass is 10.5. The number of nitriles is 3. The fraction of sp³-hybridized carbons (Fsp3) is 0.500. The molecule has 62 valence electrons. The molecule has 0 aromatic heterocycles. The van der Waals surface area contributed by atoms with Crippen LogP contribution in [-0.4, -0.2) is 16.8 Å². The van der Waals surface area contributed by atoms with E-state index in [2.05, 4.69) is 0 Å². The largest absolute Gasteiger partial charge is 0.185 e. The van der Waals surface area contributed by atoms with Crippen molar-refractivity contribution in [1.82, 2.24) is 0 Å². The van der Waals surface area contributed by atoms with E-state index in [1.54, 1.807) is 0 Å². The molecule has 0 N–H and O–H groups in total. The van der Waals surface area contributed by atoms with E-state index in [9.17, 15) is 0 Å². The number of nitrogens with zero attached hydrogens (tertiary/aromatic N) is 3. The molecule has 0 aromatic rings. The Morgan fingerprint density at radius 2 is 1.42 bits per heavy atom. The average molecular weight is 215 g/mol. The summed E-state index contributed by atoms with van der Waals surface area (Å²) in [7, 11) is 0. The Kier molecular flexibility index (Phi) is 8.27. The highest BCUT2D eigenvalue weighted by Crippen LogP contribution is 2.18. The predicted octanol–water partition coefficient (Wildman–Crippen LogP) is 2.00. The van der Waals surface area contributed by atoms with Gasteiger partial charge in [-0.15, -0.1) is 0 Å². The molecule has 0 unspecified atom stereocenters. The molecule has 12 heavy (non-hydrogen) atoms. The van der Waals surface area contributed by atoms with E-state index < -0.39 is 0 Å². The SMILES string of the molecule is N#CSCC(CSC#N)SC#N. The lowest BCUT2D eigenvalue weighted by Crippen LogP contribution is -2.07. The third-order valence-electron chi connectivity index (χ3n) is 0.887. The summed E-state index contributed by atoms with van der Waals surface area (Å²) in [6.07, 6.45) is 0. The molecule has 0 saturated heterocycles. The van der Waals surface area contributed by atoms with Gasteiger partial charge < -0.3 is 0 Å². The van der Waals surface area contributed by atoms with Crippen LogP contribution in [0.15, 0.2) is 0 Å². The normalized spacial score (nSPS) is 8.50. The van der Waals surface area contributed by atoms with Crippen LogP contribution in [0.25, 0.3) is 0 Å². The van der Waals surface area contributed by atoms with Crippen molar-refractivity contribution in [3.05, 3.63) is 0 Å². The Morgan fingerprint density at radius 1 is 0.917 bits per heavy atom. The van der Waals surface area contributed by atoms with Crippen molar-refractivity contribution in [3.8, 4) is 16.2 Å². The van der Waals surface area contributed by atoms with Gasteiger partial charge in [-0.2, -0.15) is 15.8 Å². The first-order valence-electron chi connectivity index (χ1n) is 2.91. The lowest BCUT2D eigenvalue weighted by molar-refractivity contribution is 1.16. The lowest BCUT2D eigenvalue weighted by Gasteiger charge is -2.05. The third-order valence-corrected chi connectivity index (χ3v) is 3.48. The molecule has 0 aliphatic carbocycles. The zero-order chi connectivity index (χ0) is 9.23. The summed E-state index contributed by atoms with van der Waals surface area (Å²) >= 11 is 3.35. The van der Waals surface area contributed by atoms with Crippen molar-refractivity contribution in [2.24, 2.45) is 0 Å². The molecule has 0 spiro atoms. The van der Waals surface area contributed by atoms with E-state index in [1.807, 2.05) is 16.2 Å². The maximum absolute atomic E-state index is 8.36. The highest BCUT2D eigenvalue weighted by atomic mass is 32.2. The van der Waals surface area contributed by atoms with Crippen LogP contribution in [0.3, 0.4) is 0 Å². The Labute approximate surface area is 84.1 Å². The first-order valence-corrected chi connectivity index (χ1v) is 5.76. The zero-order valence-corrected chi connectivity index (χ0v) is 8.51. The van der Waals surface area contributed by atoms with Crippen molar-refractivity contribution < 1.29 is 0 Å². The fourth-order valence-electron chi connectivity index (χ4n) is 0.451. The second kappa shape index (κ2) is 8.62. The quantitative estimate of drug-likeness (QED) is 0.653. The van der Waals surface area contributed by atoms with E-state index in [4.69, 9.17) is 15.8 Å². The van der Waals surface area contributed by atoms with E-state index in [1.165, 1.54) is 0 Å². The van der Waals surface area contributed by atoms with Crippen LogP contribution >= 0.6 is 35.3 Å². The zero-order valence-electron chi connectivity index (χ0n) is 6.06. The molecular formula is C6H5N3S3. The predicted molar refractivity (Wildman–Crippen MR) is 53.1 cm³/mol. The number of rotatable bonds is 5. The summed E-state index contributed by atoms with van der Waals surface area (Å²) < 4.78 is 0. The molecule has 0 rings (SSSR count). The van der Waals surface area contributed by atoms with Crippen LogP contribution in [0.4, 0.5) is 0 Å². The molecule has 0 aliphatic heterocycles. The summed E-state index contributed by atoms with van der Waals surface area (Å²) in [5.41, 5.74) is 0. The van der Waals surface area contributed by atoms with Crippen LogP contribution in [0.2, 0.25) is 0 Å². The van der Waals surface area contributed by atoms with Crippen LogP contribution in [-0.2, 0) is 0 Å². The molecule has 0 heterocycles. The van der Waals surface area contributed by atoms with Gasteiger partial charge in [0.1, 0.15) is 16.2 Å². The van der Waals surface area contributed by atoms with Crippen LogP contribution in [0.1, 0.15) is 0 Å². The molecule has 0 radical (unpaired) electrons. The topological polar surface area (TPSA) is 71.4 Å². The van der Waals surface area contributed by atoms with Crippen molar-refractivity contribution in [3.63, 3.8) is 0 Å². The van der Waals surface area contributed by atoms with Gasteiger partial charge >= 0.3 is 0 Å². The van der Waals surface area contributed by atoms with Crippen LogP contribution in [0.5, 0.6) is 0 Å². The molecule has 0 aromatic carbocycles. The Morgan fingerprint density at radius 3 is 1.75 bits per heavy atom. The standard InChI is InChI=1S/C6H5N3S3/c7-3-10-1-6(12-5-9)2-11-4-8/h6H,1-2H2. The fourth-order valence-corrected chi connectivity index (χ4v) is 2.46. The van der Waals surface area contributed by atoms with Crippen molar-refractivity contribution in [2.45, 2.75) is 5.25 Å². The first-order chi connectivity index (χ1) is 5.85. The summed E-state index contributed by atoms with van der Waals surface area (Å²) in [6.45, 7) is 0. The molecule has 3 nitrogen and oxygen atoms in total. The molecule has 0 atom stereocenters. The number of thiocyanates is 3. The minimum absolute atomic E-state index is 0.0734. The number of hydrogen-bond acceptors (Lipinski definition) is 6. The molecule has 0 bridgehead atoms. The van der Waals surface area contributed by atoms with Gasteiger partial charge in [-0.25, -0.2) is 0 Å². The summed E-state index contributed by atoms with van der Waals surface area (Å²) in [5.74, 6) is 1.20. The third kappa shape index (κ3) is 6.24. The van der Waals surface area contributed by atoms with Crippen molar-refractivity contribution >= 4 is 35.3 Å². The highest BCUT2D eigenvalue weighted by molar-refractivity contribution is 8.09. The second-order valence-electron chi connectivity index (χ2n) is 1.64. The summed E-state index contributed by atoms with van der Waals surface area (Å²) in [4.78, 5) is 0. The Hall–Kier alpha value is -0.480. The molecule has 0 saturated carbocycles. The van der Waals surface area contributed by atoms with E-state index in [-0.39, 0.29) is 5.25 Å². The van der Waals surface area contributed by atoms with Crippen LogP contribution in [0, 0.1) is 32.0 Å². The first kappa shape index (κ1) is 11.5. The minimum atomic E-state index is 0.0734. The van der Waals surface area contributed by atoms with Gasteiger partial charge in [0.15, 0.2) is 0 Å². The van der Waals surface area contributed by atoms with Crippen molar-refractivity contribution in [1.29, 1.82) is 15.8 Å². The van der Waals surface area contributed by atoms with Crippen LogP contribution < -0.4 is 0 Å².